The summed E-state index contributed by atoms with van der Waals surface area (Å²) in [5, 5.41) is 9.61. The van der Waals surface area contributed by atoms with Crippen molar-refractivity contribution in [2.45, 2.75) is 57.5 Å². The van der Waals surface area contributed by atoms with Crippen LogP contribution < -0.4 is 15.5 Å². The molecule has 0 radical (unpaired) electrons. The van der Waals surface area contributed by atoms with Crippen LogP contribution in [0.25, 0.3) is 0 Å². The van der Waals surface area contributed by atoms with Gasteiger partial charge in [0.2, 0.25) is 11.8 Å². The topological polar surface area (TPSA) is 124 Å². The Hall–Kier alpha value is -3.76. The summed E-state index contributed by atoms with van der Waals surface area (Å²) in [5.41, 5.74) is 6.83. The van der Waals surface area contributed by atoms with Crippen molar-refractivity contribution in [1.29, 1.82) is 0 Å². The molecule has 10 nitrogen and oxygen atoms in total. The number of aliphatic imine (C=N–C) groups is 1. The van der Waals surface area contributed by atoms with E-state index in [-0.39, 0.29) is 35.4 Å². The predicted octanol–water partition coefficient (Wildman–Crippen LogP) is 4.00. The summed E-state index contributed by atoms with van der Waals surface area (Å²) in [6.07, 6.45) is 7.32. The number of nitrogens with two attached hydrogens (primary N) is 1. The van der Waals surface area contributed by atoms with Crippen molar-refractivity contribution in [3.8, 4) is 5.88 Å². The second-order valence-corrected chi connectivity index (χ2v) is 8.38. The highest BCUT2D eigenvalue weighted by Crippen LogP contribution is 2.35. The Morgan fingerprint density at radius 1 is 1.35 bits per heavy atom. The van der Waals surface area contributed by atoms with Crippen LogP contribution in [0, 0.1) is 5.82 Å². The molecule has 0 spiro atoms. The lowest BCUT2D eigenvalue weighted by Gasteiger charge is -2.27. The van der Waals surface area contributed by atoms with Gasteiger partial charge >= 0.3 is 0 Å². The molecule has 0 amide bonds. The van der Waals surface area contributed by atoms with E-state index in [2.05, 4.69) is 31.8 Å². The summed E-state index contributed by atoms with van der Waals surface area (Å²) in [4.78, 5) is 12.8. The highest BCUT2D eigenvalue weighted by Gasteiger charge is 2.31. The number of hydrogen-bond donors (Lipinski definition) is 1. The van der Waals surface area contributed by atoms with Crippen LogP contribution in [-0.2, 0) is 4.74 Å². The lowest BCUT2D eigenvalue weighted by atomic mass is 9.87. The summed E-state index contributed by atoms with van der Waals surface area (Å²) in [5.74, 6) is 1.89. The molecule has 1 aliphatic heterocycles. The van der Waals surface area contributed by atoms with Gasteiger partial charge in [-0.25, -0.2) is 19.4 Å². The van der Waals surface area contributed by atoms with Crippen molar-refractivity contribution >= 4 is 17.7 Å². The van der Waals surface area contributed by atoms with Gasteiger partial charge in [-0.05, 0) is 25.7 Å². The molecule has 0 aromatic carbocycles. The number of methoxy groups -OCH3 is 1. The minimum atomic E-state index is -0.568. The summed E-state index contributed by atoms with van der Waals surface area (Å²) in [6, 6.07) is 1.17. The van der Waals surface area contributed by atoms with E-state index in [1.54, 1.807) is 0 Å². The van der Waals surface area contributed by atoms with Gasteiger partial charge in [0.15, 0.2) is 23.4 Å². The lowest BCUT2D eigenvalue weighted by molar-refractivity contribution is 0.0715. The van der Waals surface area contributed by atoms with Crippen LogP contribution >= 0.6 is 0 Å². The Bertz CT molecular complexity index is 1130. The van der Waals surface area contributed by atoms with E-state index in [0.29, 0.717) is 17.3 Å². The zero-order chi connectivity index (χ0) is 24.2. The van der Waals surface area contributed by atoms with Crippen LogP contribution in [0.5, 0.6) is 5.88 Å². The van der Waals surface area contributed by atoms with E-state index in [1.165, 1.54) is 36.8 Å². The van der Waals surface area contributed by atoms with E-state index in [0.717, 1.165) is 31.5 Å². The van der Waals surface area contributed by atoms with Gasteiger partial charge < -0.3 is 19.7 Å². The van der Waals surface area contributed by atoms with Crippen LogP contribution in [0.15, 0.2) is 51.1 Å². The molecule has 0 saturated heterocycles. The summed E-state index contributed by atoms with van der Waals surface area (Å²) in [6.45, 7) is 7.71. The van der Waals surface area contributed by atoms with Crippen molar-refractivity contribution in [2.75, 3.05) is 12.1 Å². The molecule has 0 bridgehead atoms. The van der Waals surface area contributed by atoms with Crippen molar-refractivity contribution in [3.63, 3.8) is 0 Å². The number of aromatic nitrogens is 3. The van der Waals surface area contributed by atoms with Crippen molar-refractivity contribution in [2.24, 2.45) is 15.8 Å². The third-order valence-corrected chi connectivity index (χ3v) is 5.76. The van der Waals surface area contributed by atoms with E-state index in [4.69, 9.17) is 19.7 Å². The van der Waals surface area contributed by atoms with E-state index in [1.807, 2.05) is 13.8 Å². The molecule has 2 N–H and O–H groups in total. The van der Waals surface area contributed by atoms with Crippen molar-refractivity contribution < 1.29 is 18.4 Å². The Morgan fingerprint density at radius 3 is 2.74 bits per heavy atom. The first-order valence-corrected chi connectivity index (χ1v) is 11.1. The maximum Gasteiger partial charge on any atom is 0.229 e. The molecule has 2 aliphatic rings. The molecule has 11 heteroatoms. The Morgan fingerprint density at radius 2 is 2.12 bits per heavy atom. The average Bonchev–Trinajstić information content (AvgIpc) is 3.48. The highest BCUT2D eigenvalue weighted by atomic mass is 19.1. The van der Waals surface area contributed by atoms with Gasteiger partial charge in [-0.1, -0.05) is 25.6 Å². The van der Waals surface area contributed by atoms with Crippen LogP contribution in [-0.4, -0.2) is 40.4 Å². The number of nitrogens with zero attached hydrogens (tertiary/aromatic N) is 6. The molecule has 34 heavy (non-hydrogen) atoms. The number of anilines is 1. The molecule has 1 aliphatic carbocycles. The van der Waals surface area contributed by atoms with Gasteiger partial charge in [-0.3, -0.25) is 0 Å². The van der Waals surface area contributed by atoms with Gasteiger partial charge in [0.1, 0.15) is 11.8 Å². The van der Waals surface area contributed by atoms with Gasteiger partial charge in [0, 0.05) is 24.1 Å². The average molecular weight is 470 g/mol. The molecule has 0 unspecified atom stereocenters. The number of pyridine rings is 1. The maximum absolute atomic E-state index is 14.6. The van der Waals surface area contributed by atoms with Gasteiger partial charge in [-0.15, -0.1) is 0 Å². The Kier molecular flexibility index (Phi) is 6.90. The normalized spacial score (nSPS) is 23.0. The molecule has 3 heterocycles. The number of hydrogen-bond acceptors (Lipinski definition) is 9. The molecular formula is C23H28FN7O3. The molecule has 1 saturated carbocycles. The first-order chi connectivity index (χ1) is 16.4. The summed E-state index contributed by atoms with van der Waals surface area (Å²) < 4.78 is 31.1. The van der Waals surface area contributed by atoms with Crippen LogP contribution in [0.2, 0.25) is 0 Å². The van der Waals surface area contributed by atoms with Crippen LogP contribution in [0.4, 0.5) is 10.1 Å². The van der Waals surface area contributed by atoms with E-state index in [9.17, 15) is 4.39 Å². The van der Waals surface area contributed by atoms with E-state index < -0.39 is 5.82 Å². The number of amidine groups is 1. The maximum atomic E-state index is 14.6. The lowest BCUT2D eigenvalue weighted by Crippen LogP contribution is -2.27. The zero-order valence-electron chi connectivity index (χ0n) is 19.4. The third kappa shape index (κ3) is 4.78. The number of halogens is 1. The first-order valence-electron chi connectivity index (χ1n) is 11.1. The molecule has 2 aromatic heterocycles. The fourth-order valence-electron chi connectivity index (χ4n) is 3.89. The molecule has 180 valence electrons. The quantitative estimate of drug-likeness (QED) is 0.604. The standard InChI is InChI=1S/C23H28FN7O3/c1-5-26-22-16(11-28-31(22)18-12-27-19(32-4)10-17(18)24)20(25)33-15-8-6-14(7-9-15)23-29-21(13(2)3)30-34-23/h5,10-15H,1,6-9,25H2,2-4H3/b20-16+,26-22+. The zero-order valence-corrected chi connectivity index (χ0v) is 19.4. The molecule has 4 rings (SSSR count). The van der Waals surface area contributed by atoms with Gasteiger partial charge in [0.05, 0.1) is 25.1 Å². The van der Waals surface area contributed by atoms with Crippen LogP contribution in [0.1, 0.15) is 63.1 Å². The Balaban J connectivity index is 1.44. The third-order valence-electron chi connectivity index (χ3n) is 5.76. The Labute approximate surface area is 197 Å². The molecule has 0 atom stereocenters. The predicted molar refractivity (Wildman–Crippen MR) is 125 cm³/mol. The number of rotatable bonds is 7. The minimum absolute atomic E-state index is 0.0805. The summed E-state index contributed by atoms with van der Waals surface area (Å²) in [7, 11) is 1.41. The van der Waals surface area contributed by atoms with E-state index >= 15 is 0 Å². The minimum Gasteiger partial charge on any atom is -0.481 e. The first kappa shape index (κ1) is 23.4. The molecule has 1 fully saturated rings. The van der Waals surface area contributed by atoms with Gasteiger partial charge in [-0.2, -0.15) is 10.1 Å². The van der Waals surface area contributed by atoms with Crippen molar-refractivity contribution in [3.05, 3.63) is 54.0 Å². The smallest absolute Gasteiger partial charge is 0.229 e. The second-order valence-electron chi connectivity index (χ2n) is 8.38. The van der Waals surface area contributed by atoms with Gasteiger partial charge in [0.25, 0.3) is 0 Å². The largest absolute Gasteiger partial charge is 0.481 e. The fourth-order valence-corrected chi connectivity index (χ4v) is 3.89. The molecule has 2 aromatic rings. The number of hydrazone groups is 1. The highest BCUT2D eigenvalue weighted by molar-refractivity contribution is 6.26. The summed E-state index contributed by atoms with van der Waals surface area (Å²) >= 11 is 0. The SMILES string of the molecule is C=C/N=C1\C(=C(/N)OC2CCC(c3nc(C(C)C)no3)CC2)C=NN1c1cnc(OC)cc1F. The van der Waals surface area contributed by atoms with Crippen LogP contribution in [0.3, 0.4) is 0 Å². The monoisotopic (exact) mass is 469 g/mol. The second kappa shape index (κ2) is 10.0. The number of ether oxygens (including phenoxy) is 2. The van der Waals surface area contributed by atoms with Crippen molar-refractivity contribution in [1.82, 2.24) is 15.1 Å². The molecular weight excluding hydrogens is 441 g/mol. The fraction of sp³-hybridized carbons (Fsp3) is 0.435.